The van der Waals surface area contributed by atoms with E-state index in [1.165, 1.54) is 13.3 Å². The van der Waals surface area contributed by atoms with Crippen molar-refractivity contribution in [3.8, 4) is 0 Å². The zero-order chi connectivity index (χ0) is 27.5. The van der Waals surface area contributed by atoms with Crippen LogP contribution in [0.15, 0.2) is 89.9 Å². The molecule has 0 fully saturated rings. The number of nitrogens with zero attached hydrogens (tertiary/aromatic N) is 4. The molecule has 0 spiro atoms. The molecule has 0 aliphatic heterocycles. The average Bonchev–Trinajstić information content (AvgIpc) is 2.89. The van der Waals surface area contributed by atoms with Crippen LogP contribution in [0.4, 0.5) is 4.39 Å². The van der Waals surface area contributed by atoms with Gasteiger partial charge in [0.05, 0.1) is 10.9 Å². The van der Waals surface area contributed by atoms with Crippen LogP contribution < -0.4 is 5.32 Å². The third-order valence-electron chi connectivity index (χ3n) is 5.70. The fourth-order valence-corrected chi connectivity index (χ4v) is 3.63. The summed E-state index contributed by atoms with van der Waals surface area (Å²) in [5.41, 5.74) is 4.35. The van der Waals surface area contributed by atoms with Crippen molar-refractivity contribution in [2.24, 2.45) is 4.99 Å². The number of amides is 1. The van der Waals surface area contributed by atoms with Gasteiger partial charge in [-0.2, -0.15) is 0 Å². The molecular weight excluding hydrogens is 501 g/mol. The van der Waals surface area contributed by atoms with E-state index in [9.17, 15) is 9.18 Å². The Morgan fingerprint density at radius 2 is 1.76 bits per heavy atom. The molecule has 0 saturated heterocycles. The molecule has 8 heteroatoms. The summed E-state index contributed by atoms with van der Waals surface area (Å²) in [5.74, 6) is -0.667. The molecule has 38 heavy (non-hydrogen) atoms. The summed E-state index contributed by atoms with van der Waals surface area (Å²) < 4.78 is 14.2. The molecule has 3 aromatic rings. The molecule has 1 N–H and O–H groups in total. The lowest BCUT2D eigenvalue weighted by Gasteiger charge is -2.15. The van der Waals surface area contributed by atoms with Gasteiger partial charge in [0.25, 0.3) is 5.91 Å². The first-order valence-electron chi connectivity index (χ1n) is 12.4. The van der Waals surface area contributed by atoms with E-state index in [1.807, 2.05) is 33.2 Å². The van der Waals surface area contributed by atoms with Crippen molar-refractivity contribution >= 4 is 23.7 Å². The molecule has 0 aliphatic carbocycles. The van der Waals surface area contributed by atoms with Crippen LogP contribution in [0.1, 0.15) is 60.4 Å². The van der Waals surface area contributed by atoms with Gasteiger partial charge in [-0.3, -0.25) is 14.8 Å². The van der Waals surface area contributed by atoms with Crippen LogP contribution in [0, 0.1) is 0 Å². The van der Waals surface area contributed by atoms with E-state index >= 15 is 0 Å². The predicted molar refractivity (Wildman–Crippen MR) is 151 cm³/mol. The Balaban J connectivity index is 1.60. The second-order valence-corrected chi connectivity index (χ2v) is 10.3. The number of aromatic nitrogens is 3. The Morgan fingerprint density at radius 3 is 2.39 bits per heavy atom. The maximum absolute atomic E-state index is 14.2. The van der Waals surface area contributed by atoms with Crippen LogP contribution in [0.3, 0.4) is 0 Å². The first-order valence-corrected chi connectivity index (χ1v) is 12.8. The zero-order valence-corrected chi connectivity index (χ0v) is 22.9. The number of alkyl halides is 1. The van der Waals surface area contributed by atoms with Gasteiger partial charge in [0, 0.05) is 61.0 Å². The molecule has 1 amide bonds. The molecule has 0 aliphatic rings. The minimum absolute atomic E-state index is 0.0505. The molecule has 1 atom stereocenters. The monoisotopic (exact) mass is 533 g/mol. The molecule has 0 radical (unpaired) electrons. The number of halogens is 2. The molecule has 2 aromatic heterocycles. The van der Waals surface area contributed by atoms with E-state index in [4.69, 9.17) is 11.6 Å². The van der Waals surface area contributed by atoms with Crippen molar-refractivity contribution in [3.05, 3.63) is 113 Å². The van der Waals surface area contributed by atoms with Crippen LogP contribution in [-0.2, 0) is 12.8 Å². The Bertz CT molecular complexity index is 1300. The summed E-state index contributed by atoms with van der Waals surface area (Å²) >= 11 is 5.93. The number of pyridine rings is 1. The number of allylic oxidation sites excluding steroid dienone is 1. The maximum Gasteiger partial charge on any atom is 0.251 e. The van der Waals surface area contributed by atoms with Gasteiger partial charge in [-0.25, -0.2) is 14.4 Å². The summed E-state index contributed by atoms with van der Waals surface area (Å²) in [7, 11) is 0. The van der Waals surface area contributed by atoms with Crippen LogP contribution in [0.25, 0.3) is 0 Å². The molecule has 0 bridgehead atoms. The number of carbonyl (C=O) groups excluding carboxylic acids is 1. The van der Waals surface area contributed by atoms with Crippen molar-refractivity contribution in [2.75, 3.05) is 6.54 Å². The van der Waals surface area contributed by atoms with Crippen molar-refractivity contribution < 1.29 is 9.18 Å². The SMILES string of the molecule is CC(F)=C(C=CC(C)(C)N=CC(C)Cl)CNC(=O)c1ccnc(Cc2ccc(Cc3cncnc3)cc2)c1. The Labute approximate surface area is 228 Å². The summed E-state index contributed by atoms with van der Waals surface area (Å²) in [5, 5.41) is 2.61. The molecule has 1 aromatic carbocycles. The smallest absolute Gasteiger partial charge is 0.251 e. The first-order chi connectivity index (χ1) is 18.1. The van der Waals surface area contributed by atoms with Crippen LogP contribution >= 0.6 is 11.6 Å². The third-order valence-corrected chi connectivity index (χ3v) is 5.81. The minimum atomic E-state index is -0.554. The lowest BCUT2D eigenvalue weighted by atomic mass is 10.0. The molecule has 1 unspecified atom stereocenters. The number of hydrogen-bond donors (Lipinski definition) is 1. The second kappa shape index (κ2) is 13.7. The van der Waals surface area contributed by atoms with Gasteiger partial charge in [-0.1, -0.05) is 36.4 Å². The highest BCUT2D eigenvalue weighted by Crippen LogP contribution is 2.16. The standard InChI is InChI=1S/C30H33ClFN5O/c1-21(31)16-37-30(3,4)11-9-27(22(2)32)19-36-29(38)26-10-12-35-28(15-26)14-24-7-5-23(6-8-24)13-25-17-33-20-34-18-25/h5-12,15-18,20-21H,13-14,19H2,1-4H3,(H,36,38). The van der Waals surface area contributed by atoms with Gasteiger partial charge in [-0.05, 0) is 56.5 Å². The van der Waals surface area contributed by atoms with E-state index in [0.717, 1.165) is 28.8 Å². The van der Waals surface area contributed by atoms with Crippen LogP contribution in [-0.4, -0.2) is 44.5 Å². The topological polar surface area (TPSA) is 80.1 Å². The molecule has 0 saturated carbocycles. The van der Waals surface area contributed by atoms with E-state index in [0.29, 0.717) is 17.6 Å². The summed E-state index contributed by atoms with van der Waals surface area (Å²) in [4.78, 5) is 29.7. The average molecular weight is 534 g/mol. The minimum Gasteiger partial charge on any atom is -0.348 e. The van der Waals surface area contributed by atoms with Gasteiger partial charge < -0.3 is 5.32 Å². The molecule has 2 heterocycles. The first kappa shape index (κ1) is 28.9. The van der Waals surface area contributed by atoms with Gasteiger partial charge >= 0.3 is 0 Å². The lowest BCUT2D eigenvalue weighted by molar-refractivity contribution is 0.0957. The normalized spacial score (nSPS) is 13.5. The summed E-state index contributed by atoms with van der Waals surface area (Å²) in [6.45, 7) is 7.03. The maximum atomic E-state index is 14.2. The highest BCUT2D eigenvalue weighted by molar-refractivity contribution is 6.27. The Morgan fingerprint density at radius 1 is 1.11 bits per heavy atom. The van der Waals surface area contributed by atoms with Crippen LogP contribution in [0.2, 0.25) is 0 Å². The highest BCUT2D eigenvalue weighted by atomic mass is 35.5. The van der Waals surface area contributed by atoms with Gasteiger partial charge in [-0.15, -0.1) is 11.6 Å². The molecule has 198 valence electrons. The second-order valence-electron chi connectivity index (χ2n) is 9.64. The number of nitrogens with one attached hydrogen (secondary N) is 1. The van der Waals surface area contributed by atoms with E-state index in [2.05, 4.69) is 49.5 Å². The number of hydrogen-bond acceptors (Lipinski definition) is 5. The molecular formula is C30H33ClFN5O. The van der Waals surface area contributed by atoms with Gasteiger partial charge in [0.2, 0.25) is 0 Å². The quantitative estimate of drug-likeness (QED) is 0.184. The lowest BCUT2D eigenvalue weighted by Crippen LogP contribution is -2.26. The molecule has 3 rings (SSSR count). The fourth-order valence-electron chi connectivity index (χ4n) is 3.57. The number of benzene rings is 1. The summed E-state index contributed by atoms with van der Waals surface area (Å²) in [6, 6.07) is 11.7. The highest BCUT2D eigenvalue weighted by Gasteiger charge is 2.13. The van der Waals surface area contributed by atoms with Gasteiger partial charge in [0.1, 0.15) is 12.2 Å². The predicted octanol–water partition coefficient (Wildman–Crippen LogP) is 6.06. The molecule has 6 nitrogen and oxygen atoms in total. The van der Waals surface area contributed by atoms with E-state index < -0.39 is 5.54 Å². The van der Waals surface area contributed by atoms with Gasteiger partial charge in [0.15, 0.2) is 0 Å². The zero-order valence-electron chi connectivity index (χ0n) is 22.2. The Kier molecular flexibility index (Phi) is 10.4. The van der Waals surface area contributed by atoms with Crippen molar-refractivity contribution in [3.63, 3.8) is 0 Å². The summed E-state index contributed by atoms with van der Waals surface area (Å²) in [6.07, 6.45) is 13.2. The van der Waals surface area contributed by atoms with Crippen molar-refractivity contribution in [2.45, 2.75) is 51.5 Å². The fraction of sp³-hybridized carbons (Fsp3) is 0.300. The largest absolute Gasteiger partial charge is 0.348 e. The van der Waals surface area contributed by atoms with Crippen LogP contribution in [0.5, 0.6) is 0 Å². The Hall–Kier alpha value is -3.71. The van der Waals surface area contributed by atoms with Crippen molar-refractivity contribution in [1.82, 2.24) is 20.3 Å². The third kappa shape index (κ3) is 9.63. The van der Waals surface area contributed by atoms with E-state index in [1.54, 1.807) is 36.7 Å². The van der Waals surface area contributed by atoms with Crippen molar-refractivity contribution in [1.29, 1.82) is 0 Å². The number of carbonyl (C=O) groups is 1. The number of rotatable bonds is 11. The van der Waals surface area contributed by atoms with E-state index in [-0.39, 0.29) is 23.7 Å². The number of aliphatic imine (C=N–C) groups is 1.